The van der Waals surface area contributed by atoms with Gasteiger partial charge in [-0.2, -0.15) is 5.26 Å². The second-order valence-corrected chi connectivity index (χ2v) is 6.83. The average molecular weight is 358 g/mol. The number of rotatable bonds is 5. The Morgan fingerprint density at radius 3 is 2.81 bits per heavy atom. The second-order valence-electron chi connectivity index (χ2n) is 6.83. The molecule has 0 radical (unpaired) electrons. The zero-order valence-corrected chi connectivity index (χ0v) is 15.3. The molecule has 0 aliphatic carbocycles. The van der Waals surface area contributed by atoms with Crippen LogP contribution in [0.1, 0.15) is 5.56 Å². The fourth-order valence-electron chi connectivity index (χ4n) is 3.29. The Morgan fingerprint density at radius 2 is 2.04 bits per heavy atom. The minimum absolute atomic E-state index is 0.0440. The molecule has 1 amide bonds. The summed E-state index contributed by atoms with van der Waals surface area (Å²) in [5.41, 5.74) is 0.440. The number of para-hydroxylation sites is 1. The molecule has 26 heavy (non-hydrogen) atoms. The van der Waals surface area contributed by atoms with Crippen molar-refractivity contribution in [1.82, 2.24) is 14.7 Å². The molecule has 0 saturated carbocycles. The number of nitriles is 1. The van der Waals surface area contributed by atoms with Crippen molar-refractivity contribution >= 4 is 5.91 Å². The zero-order valence-electron chi connectivity index (χ0n) is 15.3. The number of carbonyl (C=O) groups is 1. The molecule has 1 aromatic carbocycles. The summed E-state index contributed by atoms with van der Waals surface area (Å²) in [4.78, 5) is 19.0. The first kappa shape index (κ1) is 18.6. The van der Waals surface area contributed by atoms with Crippen LogP contribution in [-0.4, -0.2) is 92.8 Å². The Bertz CT molecular complexity index is 652. The van der Waals surface area contributed by atoms with Crippen molar-refractivity contribution in [2.45, 2.75) is 6.10 Å². The van der Waals surface area contributed by atoms with Gasteiger partial charge in [-0.05, 0) is 19.2 Å². The molecule has 2 saturated heterocycles. The summed E-state index contributed by atoms with van der Waals surface area (Å²) in [5.74, 6) is 0.384. The predicted molar refractivity (Wildman–Crippen MR) is 96.9 cm³/mol. The molecule has 0 bridgehead atoms. The lowest BCUT2D eigenvalue weighted by molar-refractivity contribution is -0.141. The summed E-state index contributed by atoms with van der Waals surface area (Å²) < 4.78 is 11.4. The van der Waals surface area contributed by atoms with Crippen molar-refractivity contribution in [2.75, 3.05) is 66.1 Å². The van der Waals surface area contributed by atoms with Crippen molar-refractivity contribution in [3.05, 3.63) is 29.8 Å². The highest BCUT2D eigenvalue weighted by Gasteiger charge is 2.27. The number of nitrogens with zero attached hydrogens (tertiary/aromatic N) is 4. The molecule has 7 heteroatoms. The molecule has 0 spiro atoms. The van der Waals surface area contributed by atoms with Gasteiger partial charge >= 0.3 is 0 Å². The maximum absolute atomic E-state index is 12.5. The lowest BCUT2D eigenvalue weighted by Crippen LogP contribution is -2.53. The lowest BCUT2D eigenvalue weighted by atomic mass is 10.2. The molecule has 140 valence electrons. The van der Waals surface area contributed by atoms with E-state index in [-0.39, 0.29) is 18.6 Å². The topological polar surface area (TPSA) is 69.0 Å². The van der Waals surface area contributed by atoms with Crippen LogP contribution in [0.5, 0.6) is 5.75 Å². The number of hydrogen-bond donors (Lipinski definition) is 0. The molecule has 2 heterocycles. The Balaban J connectivity index is 1.47. The van der Waals surface area contributed by atoms with E-state index in [9.17, 15) is 4.79 Å². The molecular formula is C19H26N4O3. The van der Waals surface area contributed by atoms with E-state index in [1.807, 2.05) is 0 Å². The quantitative estimate of drug-likeness (QED) is 0.760. The number of hydrogen-bond acceptors (Lipinski definition) is 6. The normalized spacial score (nSPS) is 22.0. The fourth-order valence-corrected chi connectivity index (χ4v) is 3.29. The molecule has 3 rings (SSSR count). The summed E-state index contributed by atoms with van der Waals surface area (Å²) in [6.45, 7) is 6.75. The molecule has 2 fully saturated rings. The van der Waals surface area contributed by atoms with Gasteiger partial charge in [0.25, 0.3) is 5.91 Å². The summed E-state index contributed by atoms with van der Waals surface area (Å²) in [5, 5.41) is 9.09. The number of benzene rings is 1. The smallest absolute Gasteiger partial charge is 0.260 e. The molecule has 7 nitrogen and oxygen atoms in total. The zero-order chi connectivity index (χ0) is 18.4. The Kier molecular flexibility index (Phi) is 6.45. The first-order chi connectivity index (χ1) is 12.7. The average Bonchev–Trinajstić information content (AvgIpc) is 2.68. The molecule has 2 aliphatic heterocycles. The van der Waals surface area contributed by atoms with Gasteiger partial charge in [-0.25, -0.2) is 0 Å². The van der Waals surface area contributed by atoms with E-state index < -0.39 is 0 Å². The highest BCUT2D eigenvalue weighted by Crippen LogP contribution is 2.17. The van der Waals surface area contributed by atoms with Crippen LogP contribution in [0.25, 0.3) is 0 Å². The van der Waals surface area contributed by atoms with Crippen LogP contribution in [0, 0.1) is 11.3 Å². The Hall–Kier alpha value is -2.14. The first-order valence-electron chi connectivity index (χ1n) is 9.08. The summed E-state index contributed by atoms with van der Waals surface area (Å²) in [6.07, 6.45) is 0.0440. The van der Waals surface area contributed by atoms with Crippen LogP contribution in [0.3, 0.4) is 0 Å². The molecular weight excluding hydrogens is 332 g/mol. The lowest BCUT2D eigenvalue weighted by Gasteiger charge is -2.38. The minimum Gasteiger partial charge on any atom is -0.482 e. The van der Waals surface area contributed by atoms with E-state index in [1.54, 1.807) is 29.2 Å². The first-order valence-corrected chi connectivity index (χ1v) is 9.08. The highest BCUT2D eigenvalue weighted by molar-refractivity contribution is 5.78. The van der Waals surface area contributed by atoms with Gasteiger partial charge in [0.15, 0.2) is 6.61 Å². The van der Waals surface area contributed by atoms with Crippen molar-refractivity contribution in [2.24, 2.45) is 0 Å². The van der Waals surface area contributed by atoms with E-state index in [1.165, 1.54) is 0 Å². The molecule has 1 aromatic rings. The molecule has 1 atom stereocenters. The summed E-state index contributed by atoms with van der Waals surface area (Å²) in [6, 6.07) is 9.04. The van der Waals surface area contributed by atoms with Crippen molar-refractivity contribution in [3.8, 4) is 11.8 Å². The fraction of sp³-hybridized carbons (Fsp3) is 0.579. The van der Waals surface area contributed by atoms with Crippen LogP contribution < -0.4 is 4.74 Å². The Morgan fingerprint density at radius 1 is 1.27 bits per heavy atom. The standard InChI is InChI=1S/C19H26N4O3/c1-21-6-8-22(9-7-21)13-17-14-23(10-11-25-17)19(24)15-26-18-5-3-2-4-16(18)12-20/h2-5,17H,6-11,13-15H2,1H3. The second kappa shape index (κ2) is 8.99. The maximum Gasteiger partial charge on any atom is 0.260 e. The monoisotopic (exact) mass is 358 g/mol. The van der Waals surface area contributed by atoms with Gasteiger partial charge in [0, 0.05) is 45.8 Å². The molecule has 0 N–H and O–H groups in total. The van der Waals surface area contributed by atoms with E-state index >= 15 is 0 Å². The number of amides is 1. The maximum atomic E-state index is 12.5. The van der Waals surface area contributed by atoms with Gasteiger partial charge in [-0.3, -0.25) is 9.69 Å². The minimum atomic E-state index is -0.0654. The molecule has 1 unspecified atom stereocenters. The molecule has 0 aromatic heterocycles. The van der Waals surface area contributed by atoms with E-state index in [0.29, 0.717) is 31.0 Å². The van der Waals surface area contributed by atoms with Gasteiger partial charge in [-0.1, -0.05) is 12.1 Å². The summed E-state index contributed by atoms with van der Waals surface area (Å²) in [7, 11) is 2.14. The third kappa shape index (κ3) is 4.94. The van der Waals surface area contributed by atoms with Crippen molar-refractivity contribution < 1.29 is 14.3 Å². The van der Waals surface area contributed by atoms with Gasteiger partial charge in [0.05, 0.1) is 18.3 Å². The number of ether oxygens (including phenoxy) is 2. The number of likely N-dealkylation sites (N-methyl/N-ethyl adjacent to an activating group) is 1. The van der Waals surface area contributed by atoms with Crippen LogP contribution in [0.4, 0.5) is 0 Å². The third-order valence-electron chi connectivity index (χ3n) is 4.91. The van der Waals surface area contributed by atoms with E-state index in [4.69, 9.17) is 14.7 Å². The number of carbonyl (C=O) groups excluding carboxylic acids is 1. The van der Waals surface area contributed by atoms with E-state index in [0.717, 1.165) is 32.7 Å². The van der Waals surface area contributed by atoms with Gasteiger partial charge in [-0.15, -0.1) is 0 Å². The highest BCUT2D eigenvalue weighted by atomic mass is 16.5. The van der Waals surface area contributed by atoms with Crippen LogP contribution in [0.15, 0.2) is 24.3 Å². The molecule has 2 aliphatic rings. The number of piperazine rings is 1. The van der Waals surface area contributed by atoms with Gasteiger partial charge in [0.2, 0.25) is 0 Å². The van der Waals surface area contributed by atoms with Crippen molar-refractivity contribution in [3.63, 3.8) is 0 Å². The van der Waals surface area contributed by atoms with Gasteiger partial charge < -0.3 is 19.3 Å². The number of morpholine rings is 1. The van der Waals surface area contributed by atoms with Crippen LogP contribution in [0.2, 0.25) is 0 Å². The van der Waals surface area contributed by atoms with Crippen LogP contribution in [-0.2, 0) is 9.53 Å². The SMILES string of the molecule is CN1CCN(CC2CN(C(=O)COc3ccccc3C#N)CCO2)CC1. The van der Waals surface area contributed by atoms with Crippen LogP contribution >= 0.6 is 0 Å². The van der Waals surface area contributed by atoms with Gasteiger partial charge in [0.1, 0.15) is 11.8 Å². The summed E-state index contributed by atoms with van der Waals surface area (Å²) >= 11 is 0. The van der Waals surface area contributed by atoms with E-state index in [2.05, 4.69) is 22.9 Å². The van der Waals surface area contributed by atoms with Crippen molar-refractivity contribution in [1.29, 1.82) is 5.26 Å². The third-order valence-corrected chi connectivity index (χ3v) is 4.91. The largest absolute Gasteiger partial charge is 0.482 e. The predicted octanol–water partition coefficient (Wildman–Crippen LogP) is 0.412. The Labute approximate surface area is 154 Å².